The molecule has 1 fully saturated rings. The Morgan fingerprint density at radius 3 is 2.58 bits per heavy atom. The highest BCUT2D eigenvalue weighted by Gasteiger charge is 2.38. The maximum absolute atomic E-state index is 13.3. The number of carbonyl (C=O) groups is 1. The van der Waals surface area contributed by atoms with Crippen molar-refractivity contribution in [3.8, 4) is 5.75 Å². The fourth-order valence-corrected chi connectivity index (χ4v) is 3.06. The molecular formula is C15H11ClF3NO3S. The molecule has 0 bridgehead atoms. The quantitative estimate of drug-likeness (QED) is 0.631. The van der Waals surface area contributed by atoms with Gasteiger partial charge in [-0.25, -0.2) is 0 Å². The maximum atomic E-state index is 13.3. The summed E-state index contributed by atoms with van der Waals surface area (Å²) in [6.45, 7) is 0. The largest absolute Gasteiger partial charge is 0.424 e. The van der Waals surface area contributed by atoms with E-state index >= 15 is 0 Å². The van der Waals surface area contributed by atoms with E-state index in [1.807, 2.05) is 0 Å². The molecule has 1 aliphatic carbocycles. The molecule has 1 aromatic carbocycles. The van der Waals surface area contributed by atoms with Crippen LogP contribution in [0.5, 0.6) is 5.75 Å². The molecule has 2 aromatic rings. The van der Waals surface area contributed by atoms with Gasteiger partial charge in [0.05, 0.1) is 23.1 Å². The zero-order valence-corrected chi connectivity index (χ0v) is 13.9. The van der Waals surface area contributed by atoms with Gasteiger partial charge < -0.3 is 9.17 Å². The Bertz CT molecular complexity index is 890. The topological polar surface area (TPSA) is 59.2 Å². The number of alkyl halides is 3. The molecule has 0 saturated heterocycles. The van der Waals surface area contributed by atoms with Crippen LogP contribution in [0.4, 0.5) is 13.2 Å². The second-order valence-electron chi connectivity index (χ2n) is 5.42. The minimum Gasteiger partial charge on any atom is -0.424 e. The highest BCUT2D eigenvalue weighted by atomic mass is 35.5. The lowest BCUT2D eigenvalue weighted by molar-refractivity contribution is -0.136. The Morgan fingerprint density at radius 1 is 1.38 bits per heavy atom. The van der Waals surface area contributed by atoms with E-state index in [0.29, 0.717) is 12.8 Å². The molecule has 1 heterocycles. The van der Waals surface area contributed by atoms with E-state index in [1.165, 1.54) is 12.3 Å². The lowest BCUT2D eigenvalue weighted by Gasteiger charge is -2.15. The molecular weight excluding hydrogens is 367 g/mol. The number of aromatic nitrogens is 1. The summed E-state index contributed by atoms with van der Waals surface area (Å²) in [5.41, 5.74) is -2.68. The molecule has 1 saturated carbocycles. The molecule has 1 aliphatic rings. The fourth-order valence-electron chi connectivity index (χ4n) is 2.50. The Labute approximate surface area is 143 Å². The number of pyridine rings is 1. The second kappa shape index (κ2) is 6.00. The van der Waals surface area contributed by atoms with Gasteiger partial charge in [-0.05, 0) is 25.0 Å². The minimum absolute atomic E-state index is 0.0484. The lowest BCUT2D eigenvalue weighted by Crippen LogP contribution is -2.21. The van der Waals surface area contributed by atoms with Crippen LogP contribution in [0.2, 0.25) is 5.02 Å². The summed E-state index contributed by atoms with van der Waals surface area (Å²) in [6.07, 6.45) is -1.88. The average Bonchev–Trinajstić information content (AvgIpc) is 3.31. The molecule has 0 aliphatic heterocycles. The number of Topliss-reactive ketones (excluding diaryl/α,β-unsaturated/α-hetero) is 1. The number of H-pyrrole nitrogens is 1. The molecule has 0 spiro atoms. The first-order valence-corrected chi connectivity index (χ1v) is 8.48. The number of nitrogens with one attached hydrogen (secondary N) is 1. The van der Waals surface area contributed by atoms with E-state index in [0.717, 1.165) is 18.1 Å². The van der Waals surface area contributed by atoms with Crippen molar-refractivity contribution < 1.29 is 22.1 Å². The van der Waals surface area contributed by atoms with Crippen LogP contribution < -0.4 is 9.74 Å². The van der Waals surface area contributed by atoms with Gasteiger partial charge in [0, 0.05) is 22.6 Å². The fraction of sp³-hybridized carbons (Fsp3) is 0.333. The van der Waals surface area contributed by atoms with E-state index in [9.17, 15) is 22.8 Å². The Morgan fingerprint density at radius 2 is 2.04 bits per heavy atom. The summed E-state index contributed by atoms with van der Waals surface area (Å²) < 4.78 is 45.1. The molecule has 4 nitrogen and oxygen atoms in total. The summed E-state index contributed by atoms with van der Waals surface area (Å²) in [5, 5.41) is -0.217. The molecule has 9 heteroatoms. The van der Waals surface area contributed by atoms with E-state index < -0.39 is 28.6 Å². The number of fused-ring (bicyclic) bond motifs is 1. The van der Waals surface area contributed by atoms with Crippen molar-refractivity contribution in [2.24, 2.45) is 5.92 Å². The molecule has 24 heavy (non-hydrogen) atoms. The number of halogens is 4. The number of ketones is 1. The van der Waals surface area contributed by atoms with Crippen molar-refractivity contribution >= 4 is 40.3 Å². The molecule has 0 radical (unpaired) electrons. The SMILES string of the molecule is CSOc1c(C(=O)C2CC2)c(=O)[nH]c2c(C(F)(F)F)cc(Cl)cc12. The van der Waals surface area contributed by atoms with Gasteiger partial charge in [0.1, 0.15) is 5.56 Å². The van der Waals surface area contributed by atoms with Crippen LogP contribution in [0.25, 0.3) is 10.9 Å². The van der Waals surface area contributed by atoms with Crippen molar-refractivity contribution in [2.45, 2.75) is 19.0 Å². The molecule has 1 N–H and O–H groups in total. The Balaban J connectivity index is 2.39. The zero-order valence-electron chi connectivity index (χ0n) is 12.3. The number of aromatic amines is 1. The highest BCUT2D eigenvalue weighted by molar-refractivity contribution is 7.94. The third kappa shape index (κ3) is 3.00. The van der Waals surface area contributed by atoms with Crippen LogP contribution in [0.3, 0.4) is 0 Å². The highest BCUT2D eigenvalue weighted by Crippen LogP contribution is 2.41. The standard InChI is InChI=1S/C15H11ClF3NO3S/c1-24-23-13-8-4-7(16)5-9(15(17,18)19)11(8)20-14(22)10(13)12(21)6-2-3-6/h4-6H,2-3H2,1H3,(H,20,22). The number of hydrogen-bond donors (Lipinski definition) is 1. The molecule has 0 atom stereocenters. The average molecular weight is 378 g/mol. The molecule has 1 aromatic heterocycles. The molecule has 0 unspecified atom stereocenters. The lowest BCUT2D eigenvalue weighted by atomic mass is 10.0. The van der Waals surface area contributed by atoms with Crippen LogP contribution in [-0.2, 0) is 6.18 Å². The Kier molecular flexibility index (Phi) is 4.29. The van der Waals surface area contributed by atoms with E-state index in [1.54, 1.807) is 0 Å². The molecule has 128 valence electrons. The first-order chi connectivity index (χ1) is 11.2. The number of carbonyl (C=O) groups excluding carboxylic acids is 1. The number of rotatable bonds is 4. The van der Waals surface area contributed by atoms with E-state index in [4.69, 9.17) is 15.8 Å². The Hall–Kier alpha value is -1.67. The third-order valence-electron chi connectivity index (χ3n) is 3.71. The summed E-state index contributed by atoms with van der Waals surface area (Å²) in [7, 11) is 0. The van der Waals surface area contributed by atoms with Gasteiger partial charge in [0.2, 0.25) is 0 Å². The van der Waals surface area contributed by atoms with Gasteiger partial charge in [-0.1, -0.05) is 11.6 Å². The van der Waals surface area contributed by atoms with Crippen LogP contribution in [0.15, 0.2) is 16.9 Å². The van der Waals surface area contributed by atoms with Gasteiger partial charge in [0.25, 0.3) is 5.56 Å². The van der Waals surface area contributed by atoms with E-state index in [-0.39, 0.29) is 27.6 Å². The number of hydrogen-bond acceptors (Lipinski definition) is 4. The van der Waals surface area contributed by atoms with E-state index in [2.05, 4.69) is 4.98 Å². The van der Waals surface area contributed by atoms with Crippen LogP contribution in [0, 0.1) is 5.92 Å². The van der Waals surface area contributed by atoms with Crippen molar-refractivity contribution in [1.29, 1.82) is 0 Å². The predicted molar refractivity (Wildman–Crippen MR) is 85.8 cm³/mol. The second-order valence-corrected chi connectivity index (χ2v) is 6.36. The van der Waals surface area contributed by atoms with Gasteiger partial charge in [0.15, 0.2) is 11.5 Å². The third-order valence-corrected chi connectivity index (χ3v) is 4.26. The van der Waals surface area contributed by atoms with Crippen molar-refractivity contribution in [3.63, 3.8) is 0 Å². The minimum atomic E-state index is -4.72. The van der Waals surface area contributed by atoms with Crippen LogP contribution >= 0.6 is 23.6 Å². The predicted octanol–water partition coefficient (Wildman–Crippen LogP) is 4.45. The van der Waals surface area contributed by atoms with Gasteiger partial charge in [-0.3, -0.25) is 9.59 Å². The summed E-state index contributed by atoms with van der Waals surface area (Å²) in [5.74, 6) is -0.879. The zero-order chi connectivity index (χ0) is 17.6. The first-order valence-electron chi connectivity index (χ1n) is 6.95. The normalized spacial score (nSPS) is 14.9. The van der Waals surface area contributed by atoms with Crippen molar-refractivity contribution in [3.05, 3.63) is 38.6 Å². The van der Waals surface area contributed by atoms with Gasteiger partial charge in [-0.2, -0.15) is 13.2 Å². The molecule has 0 amide bonds. The van der Waals surface area contributed by atoms with Gasteiger partial charge in [-0.15, -0.1) is 0 Å². The maximum Gasteiger partial charge on any atom is 0.418 e. The first kappa shape index (κ1) is 17.2. The summed E-state index contributed by atoms with van der Waals surface area (Å²) in [4.78, 5) is 26.8. The monoisotopic (exact) mass is 377 g/mol. The van der Waals surface area contributed by atoms with Gasteiger partial charge >= 0.3 is 6.18 Å². The van der Waals surface area contributed by atoms with Crippen LogP contribution in [-0.4, -0.2) is 17.0 Å². The van der Waals surface area contributed by atoms with Crippen molar-refractivity contribution in [1.82, 2.24) is 4.98 Å². The summed E-state index contributed by atoms with van der Waals surface area (Å²) >= 11 is 6.64. The van der Waals surface area contributed by atoms with Crippen molar-refractivity contribution in [2.75, 3.05) is 6.26 Å². The smallest absolute Gasteiger partial charge is 0.418 e. The molecule has 3 rings (SSSR count). The number of benzene rings is 1. The van der Waals surface area contributed by atoms with Crippen LogP contribution in [0.1, 0.15) is 28.8 Å². The summed E-state index contributed by atoms with van der Waals surface area (Å²) in [6, 6.07) is 1.97.